The van der Waals surface area contributed by atoms with Crippen LogP contribution in [0.15, 0.2) is 6.33 Å². The van der Waals surface area contributed by atoms with Crippen molar-refractivity contribution in [3.63, 3.8) is 0 Å². The first kappa shape index (κ1) is 14.0. The van der Waals surface area contributed by atoms with E-state index in [4.69, 9.17) is 0 Å². The Morgan fingerprint density at radius 3 is 2.82 bits per heavy atom. The first-order valence-corrected chi connectivity index (χ1v) is 5.67. The third-order valence-electron chi connectivity index (χ3n) is 2.24. The zero-order chi connectivity index (χ0) is 12.7. The average Bonchev–Trinajstić information content (AvgIpc) is 2.64. The van der Waals surface area contributed by atoms with Crippen LogP contribution in [-0.2, 0) is 13.1 Å². The van der Waals surface area contributed by atoms with Gasteiger partial charge >= 0.3 is 6.18 Å². The van der Waals surface area contributed by atoms with Crippen LogP contribution < -0.4 is 5.32 Å². The summed E-state index contributed by atoms with van der Waals surface area (Å²) in [4.78, 5) is 4.01. The fourth-order valence-electron chi connectivity index (χ4n) is 1.42. The Balaban J connectivity index is 2.35. The lowest BCUT2D eigenvalue weighted by molar-refractivity contribution is -0.136. The number of nitrogens with zero attached hydrogens (tertiary/aromatic N) is 3. The van der Waals surface area contributed by atoms with Gasteiger partial charge in [0, 0.05) is 13.0 Å². The fraction of sp³-hybridized carbons (Fsp3) is 0.800. The van der Waals surface area contributed by atoms with E-state index in [2.05, 4.69) is 15.4 Å². The summed E-state index contributed by atoms with van der Waals surface area (Å²) in [6, 6.07) is 0. The molecule has 0 aliphatic rings. The molecule has 0 amide bonds. The molecule has 1 rings (SSSR count). The summed E-state index contributed by atoms with van der Waals surface area (Å²) in [6.07, 6.45) is -2.47. The Labute approximate surface area is 98.2 Å². The lowest BCUT2D eigenvalue weighted by Crippen LogP contribution is -2.19. The molecule has 0 aliphatic heterocycles. The third-order valence-corrected chi connectivity index (χ3v) is 2.24. The Morgan fingerprint density at radius 2 is 2.18 bits per heavy atom. The Bertz CT molecular complexity index is 322. The molecule has 7 heteroatoms. The minimum Gasteiger partial charge on any atom is -0.310 e. The van der Waals surface area contributed by atoms with Crippen molar-refractivity contribution in [1.29, 1.82) is 0 Å². The molecule has 1 N–H and O–H groups in total. The van der Waals surface area contributed by atoms with Crippen LogP contribution in [0.25, 0.3) is 0 Å². The molecular formula is C10H17F3N4. The zero-order valence-corrected chi connectivity index (χ0v) is 9.80. The first-order valence-electron chi connectivity index (χ1n) is 5.67. The quantitative estimate of drug-likeness (QED) is 0.754. The second kappa shape index (κ2) is 6.58. The van der Waals surface area contributed by atoms with Gasteiger partial charge in [-0.3, -0.25) is 0 Å². The van der Waals surface area contributed by atoms with Gasteiger partial charge in [0.15, 0.2) is 0 Å². The van der Waals surface area contributed by atoms with E-state index in [9.17, 15) is 13.2 Å². The van der Waals surface area contributed by atoms with Gasteiger partial charge < -0.3 is 5.32 Å². The maximum absolute atomic E-state index is 12.0. The maximum Gasteiger partial charge on any atom is 0.389 e. The van der Waals surface area contributed by atoms with Gasteiger partial charge in [-0.15, -0.1) is 0 Å². The van der Waals surface area contributed by atoms with Crippen LogP contribution in [0, 0.1) is 0 Å². The van der Waals surface area contributed by atoms with Gasteiger partial charge in [-0.25, -0.2) is 9.67 Å². The van der Waals surface area contributed by atoms with Crippen molar-refractivity contribution < 1.29 is 13.2 Å². The van der Waals surface area contributed by atoms with E-state index in [1.54, 1.807) is 0 Å². The predicted octanol–water partition coefficient (Wildman–Crippen LogP) is 2.12. The highest BCUT2D eigenvalue weighted by Crippen LogP contribution is 2.21. The normalized spacial score (nSPS) is 12.0. The summed E-state index contributed by atoms with van der Waals surface area (Å²) in [6.45, 7) is 3.69. The highest BCUT2D eigenvalue weighted by atomic mass is 19.4. The monoisotopic (exact) mass is 250 g/mol. The zero-order valence-electron chi connectivity index (χ0n) is 9.80. The van der Waals surface area contributed by atoms with Gasteiger partial charge in [0.2, 0.25) is 0 Å². The van der Waals surface area contributed by atoms with E-state index < -0.39 is 12.6 Å². The molecule has 0 aliphatic carbocycles. The topological polar surface area (TPSA) is 42.7 Å². The van der Waals surface area contributed by atoms with Crippen molar-refractivity contribution in [2.75, 3.05) is 6.54 Å². The minimum absolute atomic E-state index is 0.0354. The number of halogens is 3. The van der Waals surface area contributed by atoms with Gasteiger partial charge in [-0.05, 0) is 19.4 Å². The van der Waals surface area contributed by atoms with Gasteiger partial charge in [-0.1, -0.05) is 6.92 Å². The highest BCUT2D eigenvalue weighted by molar-refractivity contribution is 4.83. The number of nitrogens with one attached hydrogen (secondary N) is 1. The number of aromatic nitrogens is 3. The van der Waals surface area contributed by atoms with Crippen LogP contribution in [0.5, 0.6) is 0 Å². The second-order valence-electron chi connectivity index (χ2n) is 3.79. The SMILES string of the molecule is CCCNCc1ncnn1CCCC(F)(F)F. The molecule has 0 saturated carbocycles. The Kier molecular flexibility index (Phi) is 5.40. The molecule has 1 heterocycles. The van der Waals surface area contributed by atoms with Crippen molar-refractivity contribution in [2.24, 2.45) is 0 Å². The van der Waals surface area contributed by atoms with Crippen molar-refractivity contribution in [3.8, 4) is 0 Å². The van der Waals surface area contributed by atoms with Crippen molar-refractivity contribution >= 4 is 0 Å². The smallest absolute Gasteiger partial charge is 0.310 e. The van der Waals surface area contributed by atoms with Gasteiger partial charge in [0.25, 0.3) is 0 Å². The Morgan fingerprint density at radius 1 is 1.41 bits per heavy atom. The summed E-state index contributed by atoms with van der Waals surface area (Å²) in [5.74, 6) is 0.681. The summed E-state index contributed by atoms with van der Waals surface area (Å²) in [7, 11) is 0. The molecule has 1 aromatic rings. The molecule has 1 aromatic heterocycles. The lowest BCUT2D eigenvalue weighted by Gasteiger charge is -2.08. The summed E-state index contributed by atoms with van der Waals surface area (Å²) >= 11 is 0. The molecular weight excluding hydrogens is 233 g/mol. The van der Waals surface area contributed by atoms with E-state index >= 15 is 0 Å². The fourth-order valence-corrected chi connectivity index (χ4v) is 1.42. The van der Waals surface area contributed by atoms with Gasteiger partial charge in [0.05, 0.1) is 6.54 Å². The molecule has 17 heavy (non-hydrogen) atoms. The van der Waals surface area contributed by atoms with E-state index in [0.29, 0.717) is 12.4 Å². The predicted molar refractivity (Wildman–Crippen MR) is 57.3 cm³/mol. The van der Waals surface area contributed by atoms with Crippen LogP contribution in [0.4, 0.5) is 13.2 Å². The molecule has 0 fully saturated rings. The molecule has 0 radical (unpaired) electrons. The summed E-state index contributed by atoms with van der Waals surface area (Å²) in [5, 5.41) is 7.05. The first-order chi connectivity index (χ1) is 8.03. The third kappa shape index (κ3) is 5.67. The largest absolute Gasteiger partial charge is 0.389 e. The average molecular weight is 250 g/mol. The van der Waals surface area contributed by atoms with Crippen LogP contribution in [-0.4, -0.2) is 27.5 Å². The molecule has 0 spiro atoms. The van der Waals surface area contributed by atoms with Gasteiger partial charge in [-0.2, -0.15) is 18.3 Å². The number of rotatable bonds is 7. The molecule has 0 saturated heterocycles. The van der Waals surface area contributed by atoms with E-state index in [0.717, 1.165) is 13.0 Å². The Hall–Kier alpha value is -1.11. The van der Waals surface area contributed by atoms with Crippen LogP contribution >= 0.6 is 0 Å². The minimum atomic E-state index is -4.10. The summed E-state index contributed by atoms with van der Waals surface area (Å²) in [5.41, 5.74) is 0. The molecule has 0 atom stereocenters. The maximum atomic E-state index is 12.0. The summed E-state index contributed by atoms with van der Waals surface area (Å²) < 4.78 is 37.4. The number of aryl methyl sites for hydroxylation is 1. The van der Waals surface area contributed by atoms with E-state index in [1.807, 2.05) is 6.92 Å². The van der Waals surface area contributed by atoms with Crippen LogP contribution in [0.3, 0.4) is 0 Å². The molecule has 0 aromatic carbocycles. The number of hydrogen-bond donors (Lipinski definition) is 1. The van der Waals surface area contributed by atoms with Crippen molar-refractivity contribution in [1.82, 2.24) is 20.1 Å². The molecule has 98 valence electrons. The highest BCUT2D eigenvalue weighted by Gasteiger charge is 2.26. The molecule has 0 unspecified atom stereocenters. The van der Waals surface area contributed by atoms with Gasteiger partial charge in [0.1, 0.15) is 12.2 Å². The van der Waals surface area contributed by atoms with Crippen LogP contribution in [0.2, 0.25) is 0 Å². The van der Waals surface area contributed by atoms with Crippen LogP contribution in [0.1, 0.15) is 32.0 Å². The molecule has 0 bridgehead atoms. The lowest BCUT2D eigenvalue weighted by atomic mass is 10.3. The molecule has 4 nitrogen and oxygen atoms in total. The standard InChI is InChI=1S/C10H17F3N4/c1-2-5-14-7-9-15-8-16-17(9)6-3-4-10(11,12)13/h8,14H,2-7H2,1H3. The van der Waals surface area contributed by atoms with E-state index in [-0.39, 0.29) is 13.0 Å². The van der Waals surface area contributed by atoms with E-state index in [1.165, 1.54) is 11.0 Å². The van der Waals surface area contributed by atoms with Crippen molar-refractivity contribution in [3.05, 3.63) is 12.2 Å². The van der Waals surface area contributed by atoms with Crippen molar-refractivity contribution in [2.45, 2.75) is 45.5 Å². The number of hydrogen-bond acceptors (Lipinski definition) is 3. The number of alkyl halides is 3. The second-order valence-corrected chi connectivity index (χ2v) is 3.79.